The maximum Gasteiger partial charge on any atom is 0.333 e. The van der Waals surface area contributed by atoms with Crippen LogP contribution < -0.4 is 11.2 Å². The molecule has 4 rings (SSSR count). The van der Waals surface area contributed by atoms with Gasteiger partial charge in [0.25, 0.3) is 5.56 Å². The first-order chi connectivity index (χ1) is 12.0. The van der Waals surface area contributed by atoms with E-state index in [1.165, 1.54) is 21.4 Å². The average molecular weight is 352 g/mol. The molecule has 8 heteroatoms. The van der Waals surface area contributed by atoms with E-state index in [0.29, 0.717) is 19.8 Å². The van der Waals surface area contributed by atoms with Crippen LogP contribution in [0.5, 0.6) is 0 Å². The van der Waals surface area contributed by atoms with E-state index in [-0.39, 0.29) is 23.5 Å². The van der Waals surface area contributed by atoms with Crippen LogP contribution in [0.3, 0.4) is 0 Å². The van der Waals surface area contributed by atoms with Crippen molar-refractivity contribution in [3.05, 3.63) is 33.1 Å². The Hall–Kier alpha value is -1.48. The van der Waals surface area contributed by atoms with Crippen LogP contribution in [0.4, 0.5) is 0 Å². The number of ether oxygens (including phenoxy) is 4. The van der Waals surface area contributed by atoms with Crippen LogP contribution in [0.1, 0.15) is 39.3 Å². The fourth-order valence-electron chi connectivity index (χ4n) is 3.80. The fraction of sp³-hybridized carbons (Fsp3) is 0.765. The molecule has 0 radical (unpaired) electrons. The van der Waals surface area contributed by atoms with E-state index in [2.05, 4.69) is 0 Å². The van der Waals surface area contributed by atoms with Gasteiger partial charge in [-0.3, -0.25) is 13.9 Å². The first kappa shape index (κ1) is 17.0. The summed E-state index contributed by atoms with van der Waals surface area (Å²) in [6, 6.07) is 1.41. The maximum atomic E-state index is 12.8. The molecule has 4 atom stereocenters. The van der Waals surface area contributed by atoms with Crippen LogP contribution in [-0.2, 0) is 25.5 Å². The Morgan fingerprint density at radius 2 is 1.92 bits per heavy atom. The third kappa shape index (κ3) is 3.08. The Labute approximate surface area is 145 Å². The summed E-state index contributed by atoms with van der Waals surface area (Å²) in [5.74, 6) is -0.748. The average Bonchev–Trinajstić information content (AvgIpc) is 3.03. The fourth-order valence-corrected chi connectivity index (χ4v) is 3.80. The quantitative estimate of drug-likeness (QED) is 0.681. The topological polar surface area (TPSA) is 80.9 Å². The smallest absolute Gasteiger partial charge is 0.333 e. The highest BCUT2D eigenvalue weighted by Crippen LogP contribution is 2.42. The van der Waals surface area contributed by atoms with E-state index >= 15 is 0 Å². The molecule has 138 valence electrons. The normalized spacial score (nSPS) is 34.6. The molecule has 3 aliphatic rings. The third-order valence-corrected chi connectivity index (χ3v) is 4.95. The van der Waals surface area contributed by atoms with Gasteiger partial charge in [0.05, 0.1) is 6.61 Å². The zero-order valence-corrected chi connectivity index (χ0v) is 14.6. The Morgan fingerprint density at radius 3 is 2.76 bits per heavy atom. The highest BCUT2D eigenvalue weighted by atomic mass is 16.8. The number of hydrogen-bond acceptors (Lipinski definition) is 6. The third-order valence-electron chi connectivity index (χ3n) is 4.95. The van der Waals surface area contributed by atoms with E-state index in [9.17, 15) is 9.59 Å². The Kier molecular flexibility index (Phi) is 4.31. The van der Waals surface area contributed by atoms with Crippen molar-refractivity contribution in [1.29, 1.82) is 0 Å². The lowest BCUT2D eigenvalue weighted by molar-refractivity contribution is -0.202. The molecule has 0 N–H and O–H groups in total. The summed E-state index contributed by atoms with van der Waals surface area (Å²) in [5.41, 5.74) is -0.659. The zero-order valence-electron chi connectivity index (χ0n) is 14.6. The van der Waals surface area contributed by atoms with Gasteiger partial charge >= 0.3 is 5.69 Å². The van der Waals surface area contributed by atoms with Gasteiger partial charge in [-0.25, -0.2) is 4.79 Å². The van der Waals surface area contributed by atoms with Gasteiger partial charge in [-0.2, -0.15) is 0 Å². The van der Waals surface area contributed by atoms with Gasteiger partial charge in [0, 0.05) is 25.4 Å². The Morgan fingerprint density at radius 1 is 1.12 bits per heavy atom. The predicted molar refractivity (Wildman–Crippen MR) is 87.4 cm³/mol. The molecule has 3 aliphatic heterocycles. The van der Waals surface area contributed by atoms with E-state index < -0.39 is 18.1 Å². The SMILES string of the molecule is CC1(C)O[C@@H]2[C@H](O1)[C@H]1COCCCCCn3c(=O)ccn(c3=O)[C@@H]2O1. The van der Waals surface area contributed by atoms with Gasteiger partial charge < -0.3 is 18.9 Å². The monoisotopic (exact) mass is 352 g/mol. The summed E-state index contributed by atoms with van der Waals surface area (Å²) in [5, 5.41) is 0. The predicted octanol–water partition coefficient (Wildman–Crippen LogP) is 0.628. The lowest BCUT2D eigenvalue weighted by atomic mass is 10.1. The van der Waals surface area contributed by atoms with Gasteiger partial charge in [0.15, 0.2) is 12.0 Å². The molecule has 0 spiro atoms. The van der Waals surface area contributed by atoms with E-state index in [4.69, 9.17) is 18.9 Å². The highest BCUT2D eigenvalue weighted by Gasteiger charge is 2.56. The highest BCUT2D eigenvalue weighted by molar-refractivity contribution is 4.99. The number of aromatic nitrogens is 2. The van der Waals surface area contributed by atoms with Crippen molar-refractivity contribution in [3.8, 4) is 0 Å². The molecule has 4 heterocycles. The summed E-state index contributed by atoms with van der Waals surface area (Å²) < 4.78 is 26.5. The standard InChI is InChI=1S/C17H24N2O6/c1-17(2)24-13-11-10-22-9-5-3-4-7-18-12(20)6-8-19(16(18)21)15(23-11)14(13)25-17/h6,8,11,13-15H,3-5,7,9-10H2,1-2H3/t11-,13-,14-,15-/m1/s1. The minimum Gasteiger partial charge on any atom is -0.379 e. The van der Waals surface area contributed by atoms with Crippen LogP contribution in [0.2, 0.25) is 0 Å². The lowest BCUT2D eigenvalue weighted by Crippen LogP contribution is -2.43. The van der Waals surface area contributed by atoms with Crippen LogP contribution >= 0.6 is 0 Å². The van der Waals surface area contributed by atoms with Crippen molar-refractivity contribution < 1.29 is 18.9 Å². The molecule has 2 saturated heterocycles. The molecule has 0 aromatic carbocycles. The molecule has 2 fully saturated rings. The minimum absolute atomic E-state index is 0.289. The van der Waals surface area contributed by atoms with Crippen LogP contribution in [0, 0.1) is 0 Å². The molecule has 8 nitrogen and oxygen atoms in total. The molecular weight excluding hydrogens is 328 g/mol. The summed E-state index contributed by atoms with van der Waals surface area (Å²) in [4.78, 5) is 25.0. The van der Waals surface area contributed by atoms with Crippen LogP contribution in [0.25, 0.3) is 0 Å². The number of hydrogen-bond donors (Lipinski definition) is 0. The number of nitrogens with zero attached hydrogens (tertiary/aromatic N) is 2. The van der Waals surface area contributed by atoms with Crippen molar-refractivity contribution in [1.82, 2.24) is 9.13 Å². The Balaban J connectivity index is 1.76. The molecule has 25 heavy (non-hydrogen) atoms. The van der Waals surface area contributed by atoms with Gasteiger partial charge in [-0.1, -0.05) is 0 Å². The van der Waals surface area contributed by atoms with Gasteiger partial charge in [0.1, 0.15) is 18.3 Å². The summed E-state index contributed by atoms with van der Waals surface area (Å²) in [6.45, 7) is 5.10. The van der Waals surface area contributed by atoms with Crippen LogP contribution in [-0.4, -0.2) is 46.4 Å². The zero-order chi connectivity index (χ0) is 17.6. The van der Waals surface area contributed by atoms with Gasteiger partial charge in [0.2, 0.25) is 0 Å². The molecular formula is C17H24N2O6. The van der Waals surface area contributed by atoms with Crippen molar-refractivity contribution in [2.24, 2.45) is 0 Å². The van der Waals surface area contributed by atoms with Gasteiger partial charge in [-0.05, 0) is 33.1 Å². The largest absolute Gasteiger partial charge is 0.379 e. The van der Waals surface area contributed by atoms with E-state index in [0.717, 1.165) is 19.3 Å². The first-order valence-corrected chi connectivity index (χ1v) is 8.87. The van der Waals surface area contributed by atoms with E-state index in [1.807, 2.05) is 13.8 Å². The van der Waals surface area contributed by atoms with E-state index in [1.54, 1.807) is 0 Å². The molecule has 0 amide bonds. The van der Waals surface area contributed by atoms with Gasteiger partial charge in [-0.15, -0.1) is 0 Å². The molecule has 0 saturated carbocycles. The number of rotatable bonds is 0. The second-order valence-corrected chi connectivity index (χ2v) is 7.26. The molecule has 0 unspecified atom stereocenters. The van der Waals surface area contributed by atoms with Crippen LogP contribution in [0.15, 0.2) is 21.9 Å². The minimum atomic E-state index is -0.748. The second kappa shape index (κ2) is 6.35. The summed E-state index contributed by atoms with van der Waals surface area (Å²) >= 11 is 0. The molecule has 0 aliphatic carbocycles. The number of fused-ring (bicyclic) bond motifs is 8. The summed E-state index contributed by atoms with van der Waals surface area (Å²) in [6.07, 6.45) is 2.34. The van der Waals surface area contributed by atoms with Crippen molar-refractivity contribution >= 4 is 0 Å². The lowest BCUT2D eigenvalue weighted by Gasteiger charge is -2.25. The van der Waals surface area contributed by atoms with Crippen molar-refractivity contribution in [2.75, 3.05) is 13.2 Å². The molecule has 4 bridgehead atoms. The van der Waals surface area contributed by atoms with Crippen molar-refractivity contribution in [2.45, 2.75) is 70.0 Å². The Bertz CT molecular complexity index is 754. The molecule has 1 aromatic heterocycles. The second-order valence-electron chi connectivity index (χ2n) is 7.26. The summed E-state index contributed by atoms with van der Waals surface area (Å²) in [7, 11) is 0. The maximum absolute atomic E-state index is 12.8. The van der Waals surface area contributed by atoms with Crippen molar-refractivity contribution in [3.63, 3.8) is 0 Å². The molecule has 1 aromatic rings. The first-order valence-electron chi connectivity index (χ1n) is 8.87.